The maximum Gasteiger partial charge on any atom is 0.335 e. The Labute approximate surface area is 94.1 Å². The number of halogens is 1. The number of carbonyl (C=O) groups is 1. The molecule has 1 fully saturated rings. The van der Waals surface area contributed by atoms with Crippen LogP contribution in [0.2, 0.25) is 0 Å². The lowest BCUT2D eigenvalue weighted by Crippen LogP contribution is -2.27. The van der Waals surface area contributed by atoms with Gasteiger partial charge in [-0.2, -0.15) is 0 Å². The summed E-state index contributed by atoms with van der Waals surface area (Å²) in [4.78, 5) is 11.1. The molecule has 0 aromatic heterocycles. The highest BCUT2D eigenvalue weighted by Gasteiger charge is 2.38. The van der Waals surface area contributed by atoms with Crippen LogP contribution >= 0.6 is 0 Å². The number of hydrogen-bond acceptors (Lipinski definition) is 1. The largest absolute Gasteiger partial charge is 0.478 e. The van der Waals surface area contributed by atoms with Gasteiger partial charge in [0.05, 0.1) is 12.2 Å². The van der Waals surface area contributed by atoms with Crippen molar-refractivity contribution in [1.29, 1.82) is 0 Å². The van der Waals surface area contributed by atoms with Crippen LogP contribution in [0.25, 0.3) is 0 Å². The molecule has 0 unspecified atom stereocenters. The van der Waals surface area contributed by atoms with Crippen molar-refractivity contribution in [3.63, 3.8) is 0 Å². The molecule has 0 saturated heterocycles. The average Bonchev–Trinajstić information content (AvgIpc) is 2.78. The lowest BCUT2D eigenvalue weighted by molar-refractivity contribution is 0.0693. The first-order chi connectivity index (χ1) is 7.69. The number of carboxylic acid groups (broad SMARTS) is 1. The third-order valence-corrected chi connectivity index (χ3v) is 3.55. The zero-order valence-corrected chi connectivity index (χ0v) is 9.08. The lowest BCUT2D eigenvalue weighted by atomic mass is 9.78. The highest BCUT2D eigenvalue weighted by Crippen LogP contribution is 2.42. The Bertz CT molecular complexity index is 395. The van der Waals surface area contributed by atoms with E-state index in [4.69, 9.17) is 5.11 Å². The number of carboxylic acids is 1. The van der Waals surface area contributed by atoms with E-state index < -0.39 is 18.1 Å². The predicted octanol–water partition coefficient (Wildman–Crippen LogP) is 3.17. The van der Waals surface area contributed by atoms with Gasteiger partial charge in [0.25, 0.3) is 0 Å². The third-order valence-electron chi connectivity index (χ3n) is 3.55. The number of alkyl halides is 1. The Morgan fingerprint density at radius 3 is 2.50 bits per heavy atom. The van der Waals surface area contributed by atoms with Gasteiger partial charge in [0.15, 0.2) is 0 Å². The number of hydrogen-bond donors (Lipinski definition) is 1. The molecule has 0 atom stereocenters. The van der Waals surface area contributed by atoms with E-state index in [9.17, 15) is 9.18 Å². The van der Waals surface area contributed by atoms with E-state index in [0.29, 0.717) is 5.56 Å². The summed E-state index contributed by atoms with van der Waals surface area (Å²) in [5.41, 5.74) is 0.374. The Hall–Kier alpha value is -1.38. The van der Waals surface area contributed by atoms with Gasteiger partial charge < -0.3 is 5.11 Å². The maximum atomic E-state index is 13.3. The van der Waals surface area contributed by atoms with E-state index in [1.807, 2.05) is 0 Å². The van der Waals surface area contributed by atoms with Crippen LogP contribution in [0.1, 0.15) is 41.6 Å². The first-order valence-corrected chi connectivity index (χ1v) is 5.58. The van der Waals surface area contributed by atoms with E-state index in [1.54, 1.807) is 24.3 Å². The molecule has 0 heterocycles. The second kappa shape index (κ2) is 4.24. The van der Waals surface area contributed by atoms with Gasteiger partial charge in [-0.15, -0.1) is 0 Å². The molecule has 0 radical (unpaired) electrons. The molecule has 1 aromatic carbocycles. The second-order valence-electron chi connectivity index (χ2n) is 4.47. The van der Waals surface area contributed by atoms with Crippen molar-refractivity contribution in [2.45, 2.75) is 31.1 Å². The van der Waals surface area contributed by atoms with E-state index in [-0.39, 0.29) is 5.56 Å². The van der Waals surface area contributed by atoms with Crippen molar-refractivity contribution in [3.05, 3.63) is 35.4 Å². The molecular weight excluding hydrogens is 207 g/mol. The molecule has 16 heavy (non-hydrogen) atoms. The zero-order valence-electron chi connectivity index (χ0n) is 9.08. The maximum absolute atomic E-state index is 13.3. The van der Waals surface area contributed by atoms with Crippen molar-refractivity contribution in [1.82, 2.24) is 0 Å². The van der Waals surface area contributed by atoms with Gasteiger partial charge in [-0.3, -0.25) is 4.39 Å². The van der Waals surface area contributed by atoms with Crippen molar-refractivity contribution in [3.8, 4) is 0 Å². The Morgan fingerprint density at radius 2 is 1.94 bits per heavy atom. The first kappa shape index (κ1) is 11.1. The summed E-state index contributed by atoms with van der Waals surface area (Å²) in [7, 11) is 0. The van der Waals surface area contributed by atoms with Crippen molar-refractivity contribution < 1.29 is 14.3 Å². The molecule has 1 aromatic rings. The van der Waals surface area contributed by atoms with Crippen LogP contribution in [0.3, 0.4) is 0 Å². The first-order valence-electron chi connectivity index (χ1n) is 5.58. The fourth-order valence-corrected chi connectivity index (χ4v) is 2.66. The molecule has 1 aliphatic rings. The number of benzene rings is 1. The second-order valence-corrected chi connectivity index (χ2v) is 4.47. The average molecular weight is 222 g/mol. The van der Waals surface area contributed by atoms with Gasteiger partial charge in [0.2, 0.25) is 0 Å². The molecule has 0 spiro atoms. The molecular formula is C13H15FO2. The molecule has 1 aliphatic carbocycles. The molecule has 1 N–H and O–H groups in total. The summed E-state index contributed by atoms with van der Waals surface area (Å²) >= 11 is 0. The molecule has 2 nitrogen and oxygen atoms in total. The van der Waals surface area contributed by atoms with Crippen molar-refractivity contribution in [2.24, 2.45) is 0 Å². The van der Waals surface area contributed by atoms with Gasteiger partial charge in [-0.25, -0.2) is 4.79 Å². The smallest absolute Gasteiger partial charge is 0.335 e. The summed E-state index contributed by atoms with van der Waals surface area (Å²) in [6.07, 6.45) is 3.48. The molecule has 0 amide bonds. The fourth-order valence-electron chi connectivity index (χ4n) is 2.66. The van der Waals surface area contributed by atoms with Crippen LogP contribution in [0, 0.1) is 0 Å². The molecule has 1 saturated carbocycles. The Balaban J connectivity index is 2.49. The quantitative estimate of drug-likeness (QED) is 0.852. The fraction of sp³-hybridized carbons (Fsp3) is 0.462. The molecule has 0 bridgehead atoms. The van der Waals surface area contributed by atoms with Gasteiger partial charge in [0.1, 0.15) is 0 Å². The van der Waals surface area contributed by atoms with Crippen LogP contribution in [-0.4, -0.2) is 17.8 Å². The van der Waals surface area contributed by atoms with Gasteiger partial charge in [-0.1, -0.05) is 31.0 Å². The Morgan fingerprint density at radius 1 is 1.31 bits per heavy atom. The van der Waals surface area contributed by atoms with Gasteiger partial charge in [-0.05, 0) is 24.5 Å². The third kappa shape index (κ3) is 1.70. The molecule has 86 valence electrons. The van der Waals surface area contributed by atoms with Crippen LogP contribution in [0.4, 0.5) is 4.39 Å². The van der Waals surface area contributed by atoms with Crippen molar-refractivity contribution >= 4 is 5.97 Å². The monoisotopic (exact) mass is 222 g/mol. The van der Waals surface area contributed by atoms with Crippen LogP contribution in [0.15, 0.2) is 24.3 Å². The van der Waals surface area contributed by atoms with Gasteiger partial charge in [0, 0.05) is 5.41 Å². The van der Waals surface area contributed by atoms with E-state index in [2.05, 4.69) is 0 Å². The number of aromatic carboxylic acids is 1. The molecule has 3 heteroatoms. The predicted molar refractivity (Wildman–Crippen MR) is 59.5 cm³/mol. The van der Waals surface area contributed by atoms with Crippen LogP contribution in [-0.2, 0) is 5.41 Å². The number of rotatable bonds is 3. The minimum Gasteiger partial charge on any atom is -0.478 e. The Kier molecular flexibility index (Phi) is 2.95. The summed E-state index contributed by atoms with van der Waals surface area (Å²) in [6.45, 7) is -0.461. The van der Waals surface area contributed by atoms with E-state index in [0.717, 1.165) is 25.7 Å². The molecule has 0 aliphatic heterocycles. The molecule has 2 rings (SSSR count). The summed E-state index contributed by atoms with van der Waals surface area (Å²) in [5, 5.41) is 9.11. The standard InChI is InChI=1S/C13H15FO2/c14-9-13(7-3-4-8-13)11-6-2-1-5-10(11)12(15)16/h1-2,5-6H,3-4,7-9H2,(H,15,16). The van der Waals surface area contributed by atoms with Crippen LogP contribution in [0.5, 0.6) is 0 Å². The van der Waals surface area contributed by atoms with Crippen LogP contribution < -0.4 is 0 Å². The van der Waals surface area contributed by atoms with Gasteiger partial charge >= 0.3 is 5.97 Å². The summed E-state index contributed by atoms with van der Waals surface area (Å²) in [6, 6.07) is 6.80. The van der Waals surface area contributed by atoms with E-state index >= 15 is 0 Å². The highest BCUT2D eigenvalue weighted by atomic mass is 19.1. The highest BCUT2D eigenvalue weighted by molar-refractivity contribution is 5.89. The SMILES string of the molecule is O=C(O)c1ccccc1C1(CF)CCCC1. The van der Waals surface area contributed by atoms with E-state index in [1.165, 1.54) is 0 Å². The summed E-state index contributed by atoms with van der Waals surface area (Å²) < 4.78 is 13.3. The minimum absolute atomic E-state index is 0.252. The zero-order chi connectivity index (χ0) is 11.6. The summed E-state index contributed by atoms with van der Waals surface area (Å²) in [5.74, 6) is -0.963. The lowest BCUT2D eigenvalue weighted by Gasteiger charge is -2.27. The van der Waals surface area contributed by atoms with Crippen molar-refractivity contribution in [2.75, 3.05) is 6.67 Å². The minimum atomic E-state index is -0.963. The topological polar surface area (TPSA) is 37.3 Å². The normalized spacial score (nSPS) is 18.6.